The maximum absolute atomic E-state index is 13.3. The van der Waals surface area contributed by atoms with Gasteiger partial charge in [0.2, 0.25) is 0 Å². The highest BCUT2D eigenvalue weighted by Gasteiger charge is 2.74. The van der Waals surface area contributed by atoms with Gasteiger partial charge in [-0.3, -0.25) is 0 Å². The molecule has 182 valence electrons. The number of rotatable bonds is 1. The highest BCUT2D eigenvalue weighted by Crippen LogP contribution is 2.70. The Balaban J connectivity index is 1.57. The largest absolute Gasteiger partial charge is 0.446 e. The fourth-order valence-corrected chi connectivity index (χ4v) is 9.18. The molecule has 2 heterocycles. The summed E-state index contributed by atoms with van der Waals surface area (Å²) in [6.07, 6.45) is 9.48. The first-order valence-electron chi connectivity index (χ1n) is 13.2. The van der Waals surface area contributed by atoms with E-state index < -0.39 is 11.2 Å². The van der Waals surface area contributed by atoms with Crippen LogP contribution in [-0.4, -0.2) is 23.1 Å². The van der Waals surface area contributed by atoms with Crippen LogP contribution in [0.15, 0.2) is 46.6 Å². The second kappa shape index (κ2) is 6.77. The molecule has 0 amide bonds. The van der Waals surface area contributed by atoms with E-state index in [0.29, 0.717) is 24.7 Å². The highest BCUT2D eigenvalue weighted by atomic mass is 16.6. The molecule has 0 N–H and O–H groups in total. The Labute approximate surface area is 203 Å². The first-order valence-corrected chi connectivity index (χ1v) is 13.2. The van der Waals surface area contributed by atoms with Gasteiger partial charge in [-0.05, 0) is 99.0 Å². The summed E-state index contributed by atoms with van der Waals surface area (Å²) in [6.45, 7) is 17.4. The molecular formula is C30H38O4. The minimum Gasteiger partial charge on any atom is -0.446 e. The van der Waals surface area contributed by atoms with Crippen molar-refractivity contribution in [2.24, 2.45) is 22.7 Å². The second-order valence-electron chi connectivity index (χ2n) is 12.8. The van der Waals surface area contributed by atoms with Gasteiger partial charge >= 0.3 is 11.9 Å². The summed E-state index contributed by atoms with van der Waals surface area (Å²) in [5.74, 6) is 0.213. The van der Waals surface area contributed by atoms with Gasteiger partial charge in [0.25, 0.3) is 0 Å². The number of allylic oxidation sites excluding steroid dienone is 2. The van der Waals surface area contributed by atoms with E-state index in [9.17, 15) is 9.59 Å². The highest BCUT2D eigenvalue weighted by molar-refractivity contribution is 5.96. The summed E-state index contributed by atoms with van der Waals surface area (Å²) in [7, 11) is 0. The van der Waals surface area contributed by atoms with E-state index in [-0.39, 0.29) is 22.8 Å². The molecule has 0 bridgehead atoms. The maximum Gasteiger partial charge on any atom is 0.334 e. The van der Waals surface area contributed by atoms with E-state index in [1.54, 1.807) is 0 Å². The molecule has 0 spiro atoms. The van der Waals surface area contributed by atoms with Crippen molar-refractivity contribution >= 4 is 11.9 Å². The van der Waals surface area contributed by atoms with E-state index in [1.165, 1.54) is 11.1 Å². The minimum absolute atomic E-state index is 0.0274. The zero-order chi connectivity index (χ0) is 24.3. The normalized spacial score (nSPS) is 46.0. The third-order valence-electron chi connectivity index (χ3n) is 11.0. The molecule has 0 saturated heterocycles. The first kappa shape index (κ1) is 22.4. The second-order valence-corrected chi connectivity index (χ2v) is 12.8. The lowest BCUT2D eigenvalue weighted by Crippen LogP contribution is -2.66. The number of hydrogen-bond donors (Lipinski definition) is 0. The zero-order valence-corrected chi connectivity index (χ0v) is 21.3. The number of hydrogen-bond acceptors (Lipinski definition) is 4. The maximum atomic E-state index is 13.3. The van der Waals surface area contributed by atoms with Gasteiger partial charge in [-0.2, -0.15) is 0 Å². The topological polar surface area (TPSA) is 52.6 Å². The molecule has 0 radical (unpaired) electrons. The molecule has 6 aliphatic rings. The van der Waals surface area contributed by atoms with Crippen LogP contribution in [0.3, 0.4) is 0 Å². The molecule has 6 rings (SSSR count). The van der Waals surface area contributed by atoms with Crippen molar-refractivity contribution in [2.75, 3.05) is 0 Å². The third-order valence-corrected chi connectivity index (χ3v) is 11.0. The molecule has 6 atom stereocenters. The van der Waals surface area contributed by atoms with Crippen molar-refractivity contribution in [3.63, 3.8) is 0 Å². The lowest BCUT2D eigenvalue weighted by molar-refractivity contribution is -0.209. The molecule has 0 aromatic heterocycles. The monoisotopic (exact) mass is 462 g/mol. The van der Waals surface area contributed by atoms with Gasteiger partial charge in [0.05, 0.1) is 0 Å². The number of carbonyl (C=O) groups excluding carboxylic acids is 2. The number of carbonyl (C=O) groups is 2. The summed E-state index contributed by atoms with van der Waals surface area (Å²) in [6, 6.07) is 0. The molecule has 0 aromatic carbocycles. The van der Waals surface area contributed by atoms with Gasteiger partial charge < -0.3 is 9.47 Å². The van der Waals surface area contributed by atoms with E-state index in [4.69, 9.17) is 9.47 Å². The quantitative estimate of drug-likeness (QED) is 0.329. The number of ether oxygens (including phenoxy) is 2. The van der Waals surface area contributed by atoms with Crippen LogP contribution in [0, 0.1) is 22.7 Å². The Hall–Kier alpha value is -2.10. The van der Waals surface area contributed by atoms with Gasteiger partial charge in [-0.1, -0.05) is 38.2 Å². The van der Waals surface area contributed by atoms with Crippen molar-refractivity contribution < 1.29 is 19.1 Å². The molecule has 4 aliphatic carbocycles. The van der Waals surface area contributed by atoms with Crippen LogP contribution >= 0.6 is 0 Å². The average Bonchev–Trinajstić information content (AvgIpc) is 3.16. The molecule has 4 saturated carbocycles. The number of esters is 2. The van der Waals surface area contributed by atoms with E-state index >= 15 is 0 Å². The van der Waals surface area contributed by atoms with Crippen molar-refractivity contribution in [1.82, 2.24) is 0 Å². The molecule has 0 aromatic rings. The van der Waals surface area contributed by atoms with Crippen molar-refractivity contribution in [3.8, 4) is 0 Å². The summed E-state index contributed by atoms with van der Waals surface area (Å²) in [4.78, 5) is 26.5. The zero-order valence-electron chi connectivity index (χ0n) is 21.3. The smallest absolute Gasteiger partial charge is 0.334 e. The van der Waals surface area contributed by atoms with E-state index in [2.05, 4.69) is 27.0 Å². The molecule has 4 heteroatoms. The first-order chi connectivity index (χ1) is 16.0. The fraction of sp³-hybridized carbons (Fsp3) is 0.667. The van der Waals surface area contributed by atoms with Crippen molar-refractivity contribution in [2.45, 2.75) is 103 Å². The lowest BCUT2D eigenvalue weighted by Gasteiger charge is -2.61. The van der Waals surface area contributed by atoms with Gasteiger partial charge in [-0.15, -0.1) is 0 Å². The SMILES string of the molecule is C=C1CCCC2(C)CC3(C45CC6(C)CCCC(=C)C6CC4=C(C)C(=O)O5)OC(=O)C(C)=C3CC12. The predicted octanol–water partition coefficient (Wildman–Crippen LogP) is 6.52. The standard InChI is InChI=1S/C30H38O4/c1-17-9-7-11-27(5)15-29(23(13-21(17)27)19(3)25(31)33-29)30-16-28(6)12-8-10-18(2)22(28)14-24(30)20(4)26(32)34-30/h21-22H,1-2,7-16H2,3-6H3. The van der Waals surface area contributed by atoms with Crippen LogP contribution in [0.1, 0.15) is 91.9 Å². The summed E-state index contributed by atoms with van der Waals surface area (Å²) in [5, 5.41) is 0. The number of fused-ring (bicyclic) bond motifs is 5. The predicted molar refractivity (Wildman–Crippen MR) is 131 cm³/mol. The van der Waals surface area contributed by atoms with Gasteiger partial charge in [-0.25, -0.2) is 9.59 Å². The molecule has 4 fully saturated rings. The summed E-state index contributed by atoms with van der Waals surface area (Å²) in [5.41, 5.74) is 4.30. The molecule has 2 aliphatic heterocycles. The van der Waals surface area contributed by atoms with Crippen LogP contribution < -0.4 is 0 Å². The molecule has 6 unspecified atom stereocenters. The van der Waals surface area contributed by atoms with Crippen LogP contribution in [0.5, 0.6) is 0 Å². The third kappa shape index (κ3) is 2.55. The van der Waals surface area contributed by atoms with Crippen LogP contribution in [0.2, 0.25) is 0 Å². The van der Waals surface area contributed by atoms with Crippen LogP contribution in [-0.2, 0) is 19.1 Å². The molecule has 34 heavy (non-hydrogen) atoms. The summed E-state index contributed by atoms with van der Waals surface area (Å²) < 4.78 is 13.1. The Morgan fingerprint density at radius 2 is 1.12 bits per heavy atom. The van der Waals surface area contributed by atoms with Gasteiger partial charge in [0.1, 0.15) is 0 Å². The molecule has 4 nitrogen and oxygen atoms in total. The Morgan fingerprint density at radius 3 is 1.50 bits per heavy atom. The summed E-state index contributed by atoms with van der Waals surface area (Å²) >= 11 is 0. The Morgan fingerprint density at radius 1 is 0.735 bits per heavy atom. The van der Waals surface area contributed by atoms with Crippen molar-refractivity contribution in [1.29, 1.82) is 0 Å². The Bertz CT molecular complexity index is 1030. The fourth-order valence-electron chi connectivity index (χ4n) is 9.18. The Kier molecular flexibility index (Phi) is 4.45. The van der Waals surface area contributed by atoms with E-state index in [0.717, 1.165) is 73.7 Å². The molecular weight excluding hydrogens is 424 g/mol. The van der Waals surface area contributed by atoms with Crippen LogP contribution in [0.4, 0.5) is 0 Å². The van der Waals surface area contributed by atoms with Gasteiger partial charge in [0.15, 0.2) is 11.2 Å². The van der Waals surface area contributed by atoms with E-state index in [1.807, 2.05) is 13.8 Å². The van der Waals surface area contributed by atoms with Crippen LogP contribution in [0.25, 0.3) is 0 Å². The van der Waals surface area contributed by atoms with Gasteiger partial charge in [0, 0.05) is 24.0 Å². The lowest BCUT2D eigenvalue weighted by atomic mass is 9.46. The van der Waals surface area contributed by atoms with Crippen molar-refractivity contribution in [3.05, 3.63) is 46.6 Å². The minimum atomic E-state index is -0.910. The average molecular weight is 463 g/mol.